The van der Waals surface area contributed by atoms with Crippen LogP contribution in [0.4, 0.5) is 0 Å². The highest BCUT2D eigenvalue weighted by atomic mass is 16.5. The van der Waals surface area contributed by atoms with Crippen LogP contribution < -0.4 is 4.74 Å². The van der Waals surface area contributed by atoms with Crippen LogP contribution in [0.15, 0.2) is 36.8 Å². The Morgan fingerprint density at radius 2 is 2.29 bits per heavy atom. The Bertz CT molecular complexity index is 594. The van der Waals surface area contributed by atoms with Crippen molar-refractivity contribution < 1.29 is 9.84 Å². The second-order valence-electron chi connectivity index (χ2n) is 5.64. The maximum atomic E-state index is 10.6. The standard InChI is InChI=1S/C17H22N2O2/c1-2-8-19-12-18-11-15(19)16(20)10-13-7-9-21-17-6-4-3-5-14(13)17/h3-6,11-13,16,20H,2,7-10H2,1H3. The quantitative estimate of drug-likeness (QED) is 0.917. The summed E-state index contributed by atoms with van der Waals surface area (Å²) in [6.07, 6.45) is 5.82. The normalized spacial score (nSPS) is 18.9. The molecule has 0 aliphatic carbocycles. The minimum atomic E-state index is -0.477. The maximum Gasteiger partial charge on any atom is 0.122 e. The van der Waals surface area contributed by atoms with Crippen molar-refractivity contribution in [3.8, 4) is 5.75 Å². The van der Waals surface area contributed by atoms with Crippen LogP contribution in [-0.2, 0) is 6.54 Å². The van der Waals surface area contributed by atoms with Crippen molar-refractivity contribution in [3.63, 3.8) is 0 Å². The molecule has 2 aromatic rings. The first-order chi connectivity index (χ1) is 10.3. The Balaban J connectivity index is 1.76. The fourth-order valence-electron chi connectivity index (χ4n) is 3.09. The Hall–Kier alpha value is -1.81. The maximum absolute atomic E-state index is 10.6. The molecule has 1 N–H and O–H groups in total. The Morgan fingerprint density at radius 1 is 1.43 bits per heavy atom. The number of benzene rings is 1. The number of hydrogen-bond acceptors (Lipinski definition) is 3. The average molecular weight is 286 g/mol. The molecule has 1 aliphatic heterocycles. The molecule has 2 unspecified atom stereocenters. The van der Waals surface area contributed by atoms with Crippen molar-refractivity contribution >= 4 is 0 Å². The van der Waals surface area contributed by atoms with Crippen molar-refractivity contribution in [1.82, 2.24) is 9.55 Å². The summed E-state index contributed by atoms with van der Waals surface area (Å²) in [6, 6.07) is 8.15. The van der Waals surface area contributed by atoms with Gasteiger partial charge in [-0.05, 0) is 36.8 Å². The summed E-state index contributed by atoms with van der Waals surface area (Å²) in [5, 5.41) is 10.6. The van der Waals surface area contributed by atoms with E-state index in [4.69, 9.17) is 4.74 Å². The van der Waals surface area contributed by atoms with E-state index in [0.29, 0.717) is 5.92 Å². The monoisotopic (exact) mass is 286 g/mol. The summed E-state index contributed by atoms with van der Waals surface area (Å²) in [6.45, 7) is 3.75. The average Bonchev–Trinajstić information content (AvgIpc) is 2.96. The summed E-state index contributed by atoms with van der Waals surface area (Å²) in [5.74, 6) is 1.30. The molecular weight excluding hydrogens is 264 g/mol. The van der Waals surface area contributed by atoms with Gasteiger partial charge >= 0.3 is 0 Å². The molecule has 0 saturated carbocycles. The van der Waals surface area contributed by atoms with E-state index in [1.807, 2.05) is 18.2 Å². The van der Waals surface area contributed by atoms with Crippen LogP contribution in [-0.4, -0.2) is 21.3 Å². The number of aliphatic hydroxyl groups is 1. The number of para-hydroxylation sites is 1. The molecule has 3 rings (SSSR count). The third-order valence-corrected chi connectivity index (χ3v) is 4.14. The van der Waals surface area contributed by atoms with Gasteiger partial charge in [-0.1, -0.05) is 25.1 Å². The molecule has 2 heterocycles. The van der Waals surface area contributed by atoms with Gasteiger partial charge in [0, 0.05) is 6.54 Å². The van der Waals surface area contributed by atoms with Crippen molar-refractivity contribution in [1.29, 1.82) is 0 Å². The molecule has 0 radical (unpaired) electrons. The van der Waals surface area contributed by atoms with E-state index in [1.165, 1.54) is 5.56 Å². The molecule has 0 spiro atoms. The molecule has 1 aromatic carbocycles. The first-order valence-electron chi connectivity index (χ1n) is 7.69. The third-order valence-electron chi connectivity index (χ3n) is 4.14. The lowest BCUT2D eigenvalue weighted by molar-refractivity contribution is 0.137. The van der Waals surface area contributed by atoms with E-state index in [2.05, 4.69) is 22.5 Å². The van der Waals surface area contributed by atoms with Crippen LogP contribution >= 0.6 is 0 Å². The summed E-state index contributed by atoms with van der Waals surface area (Å²) in [4.78, 5) is 4.18. The second-order valence-corrected chi connectivity index (χ2v) is 5.64. The molecule has 0 bridgehead atoms. The van der Waals surface area contributed by atoms with Crippen molar-refractivity contribution in [2.45, 2.75) is 44.8 Å². The number of imidazole rings is 1. The molecule has 4 nitrogen and oxygen atoms in total. The first kappa shape index (κ1) is 14.1. The number of fused-ring (bicyclic) bond motifs is 1. The predicted molar refractivity (Wildman–Crippen MR) is 81.4 cm³/mol. The van der Waals surface area contributed by atoms with Gasteiger partial charge in [0.25, 0.3) is 0 Å². The van der Waals surface area contributed by atoms with E-state index < -0.39 is 6.10 Å². The predicted octanol–water partition coefficient (Wildman–Crippen LogP) is 3.28. The Labute approximate surface area is 125 Å². The molecule has 1 aliphatic rings. The van der Waals surface area contributed by atoms with Crippen molar-refractivity contribution in [2.75, 3.05) is 6.61 Å². The second kappa shape index (κ2) is 6.31. The molecule has 0 saturated heterocycles. The highest BCUT2D eigenvalue weighted by Crippen LogP contribution is 2.38. The van der Waals surface area contributed by atoms with Gasteiger partial charge in [0.2, 0.25) is 0 Å². The SMILES string of the molecule is CCCn1cncc1C(O)CC1CCOc2ccccc21. The summed E-state index contributed by atoms with van der Waals surface area (Å²) < 4.78 is 7.74. The number of ether oxygens (including phenoxy) is 1. The molecule has 112 valence electrons. The van der Waals surface area contributed by atoms with Crippen molar-refractivity contribution in [3.05, 3.63) is 48.0 Å². The van der Waals surface area contributed by atoms with Crippen LogP contribution in [0, 0.1) is 0 Å². The zero-order chi connectivity index (χ0) is 14.7. The molecule has 0 fully saturated rings. The van der Waals surface area contributed by atoms with E-state index >= 15 is 0 Å². The summed E-state index contributed by atoms with van der Waals surface area (Å²) >= 11 is 0. The third kappa shape index (κ3) is 2.95. The number of hydrogen-bond donors (Lipinski definition) is 1. The van der Waals surface area contributed by atoms with E-state index in [-0.39, 0.29) is 0 Å². The highest BCUT2D eigenvalue weighted by molar-refractivity contribution is 5.37. The molecule has 2 atom stereocenters. The van der Waals surface area contributed by atoms with E-state index in [0.717, 1.165) is 43.9 Å². The van der Waals surface area contributed by atoms with Gasteiger partial charge in [-0.3, -0.25) is 0 Å². The number of rotatable bonds is 5. The fourth-order valence-corrected chi connectivity index (χ4v) is 3.09. The summed E-state index contributed by atoms with van der Waals surface area (Å²) in [5.41, 5.74) is 2.13. The lowest BCUT2D eigenvalue weighted by Gasteiger charge is -2.27. The van der Waals surface area contributed by atoms with Gasteiger partial charge in [-0.15, -0.1) is 0 Å². The molecule has 4 heteroatoms. The molecule has 1 aromatic heterocycles. The smallest absolute Gasteiger partial charge is 0.122 e. The minimum absolute atomic E-state index is 0.343. The number of nitrogens with zero attached hydrogens (tertiary/aromatic N) is 2. The van der Waals surface area contributed by atoms with Gasteiger partial charge in [-0.2, -0.15) is 0 Å². The number of aliphatic hydroxyl groups excluding tert-OH is 1. The Kier molecular flexibility index (Phi) is 4.25. The molecule has 0 amide bonds. The number of aryl methyl sites for hydroxylation is 1. The van der Waals surface area contributed by atoms with Gasteiger partial charge < -0.3 is 14.4 Å². The van der Waals surface area contributed by atoms with E-state index in [9.17, 15) is 5.11 Å². The van der Waals surface area contributed by atoms with E-state index in [1.54, 1.807) is 12.5 Å². The number of aromatic nitrogens is 2. The lowest BCUT2D eigenvalue weighted by atomic mass is 9.87. The molecular formula is C17H22N2O2. The van der Waals surface area contributed by atoms with Crippen LogP contribution in [0.3, 0.4) is 0 Å². The topological polar surface area (TPSA) is 47.3 Å². The highest BCUT2D eigenvalue weighted by Gasteiger charge is 2.25. The zero-order valence-electron chi connectivity index (χ0n) is 12.4. The largest absolute Gasteiger partial charge is 0.493 e. The van der Waals surface area contributed by atoms with Crippen molar-refractivity contribution in [2.24, 2.45) is 0 Å². The van der Waals surface area contributed by atoms with Crippen LogP contribution in [0.25, 0.3) is 0 Å². The van der Waals surface area contributed by atoms with Crippen LogP contribution in [0.1, 0.15) is 49.5 Å². The van der Waals surface area contributed by atoms with Gasteiger partial charge in [0.1, 0.15) is 5.75 Å². The first-order valence-corrected chi connectivity index (χ1v) is 7.69. The summed E-state index contributed by atoms with van der Waals surface area (Å²) in [7, 11) is 0. The zero-order valence-corrected chi connectivity index (χ0v) is 12.4. The van der Waals surface area contributed by atoms with Gasteiger partial charge in [0.05, 0.1) is 30.9 Å². The Morgan fingerprint density at radius 3 is 3.14 bits per heavy atom. The van der Waals surface area contributed by atoms with Crippen LogP contribution in [0.2, 0.25) is 0 Å². The fraction of sp³-hybridized carbons (Fsp3) is 0.471. The van der Waals surface area contributed by atoms with Gasteiger partial charge in [0.15, 0.2) is 0 Å². The minimum Gasteiger partial charge on any atom is -0.493 e. The van der Waals surface area contributed by atoms with Crippen LogP contribution in [0.5, 0.6) is 5.75 Å². The van der Waals surface area contributed by atoms with Gasteiger partial charge in [-0.25, -0.2) is 4.98 Å². The molecule has 21 heavy (non-hydrogen) atoms. The lowest BCUT2D eigenvalue weighted by Crippen LogP contribution is -2.17.